The number of phenolic OH excluding ortho intramolecular Hbond substituents is 2. The molecule has 24 heavy (non-hydrogen) atoms. The van der Waals surface area contributed by atoms with Gasteiger partial charge in [-0.15, -0.1) is 0 Å². The van der Waals surface area contributed by atoms with Crippen LogP contribution in [0.4, 0.5) is 11.4 Å². The Morgan fingerprint density at radius 1 is 0.792 bits per heavy atom. The zero-order valence-corrected chi connectivity index (χ0v) is 11.5. The fourth-order valence-electron chi connectivity index (χ4n) is 2.58. The quantitative estimate of drug-likeness (QED) is 0.530. The van der Waals surface area contributed by atoms with Gasteiger partial charge in [-0.05, 0) is 6.07 Å². The molecule has 1 aliphatic carbocycles. The molecule has 10 nitrogen and oxygen atoms in total. The molecule has 2 N–H and O–H groups in total. The molecule has 2 aromatic rings. The highest BCUT2D eigenvalue weighted by Crippen LogP contribution is 2.40. The van der Waals surface area contributed by atoms with Gasteiger partial charge >= 0.3 is 0 Å². The molecule has 0 unspecified atom stereocenters. The third-order valence-electron chi connectivity index (χ3n) is 3.56. The summed E-state index contributed by atoms with van der Waals surface area (Å²) in [5.41, 5.74) is -3.50. The maximum atomic E-state index is 12.5. The van der Waals surface area contributed by atoms with Gasteiger partial charge in [0.1, 0.15) is 17.1 Å². The van der Waals surface area contributed by atoms with Crippen LogP contribution in [0.5, 0.6) is 11.5 Å². The van der Waals surface area contributed by atoms with Crippen LogP contribution in [0.25, 0.3) is 0 Å². The van der Waals surface area contributed by atoms with Crippen molar-refractivity contribution in [1.82, 2.24) is 0 Å². The summed E-state index contributed by atoms with van der Waals surface area (Å²) in [4.78, 5) is 45.1. The number of rotatable bonds is 2. The van der Waals surface area contributed by atoms with Crippen LogP contribution < -0.4 is 0 Å². The first-order chi connectivity index (χ1) is 11.2. The third-order valence-corrected chi connectivity index (χ3v) is 3.56. The molecule has 2 aromatic carbocycles. The van der Waals surface area contributed by atoms with Crippen LogP contribution in [0, 0.1) is 20.2 Å². The summed E-state index contributed by atoms with van der Waals surface area (Å²) in [5, 5.41) is 41.4. The maximum Gasteiger partial charge on any atom is 0.285 e. The molecule has 0 amide bonds. The fraction of sp³-hybridized carbons (Fsp3) is 0. The summed E-state index contributed by atoms with van der Waals surface area (Å²) in [5.74, 6) is -3.38. The molecule has 0 radical (unpaired) electrons. The SMILES string of the molecule is O=C1c2cc(O)cc([N+](=O)[O-])c2C(=O)c2cc([N+](=O)[O-])cc(O)c21. The molecule has 0 fully saturated rings. The first-order valence-electron chi connectivity index (χ1n) is 6.34. The van der Waals surface area contributed by atoms with E-state index in [2.05, 4.69) is 0 Å². The van der Waals surface area contributed by atoms with Gasteiger partial charge in [-0.2, -0.15) is 0 Å². The largest absolute Gasteiger partial charge is 0.508 e. The monoisotopic (exact) mass is 330 g/mol. The highest BCUT2D eigenvalue weighted by Gasteiger charge is 2.39. The van der Waals surface area contributed by atoms with Crippen LogP contribution in [-0.2, 0) is 0 Å². The van der Waals surface area contributed by atoms with Gasteiger partial charge in [-0.25, -0.2) is 0 Å². The number of ketones is 2. The zero-order chi connectivity index (χ0) is 17.8. The van der Waals surface area contributed by atoms with E-state index in [0.717, 1.165) is 12.1 Å². The van der Waals surface area contributed by atoms with Crippen LogP contribution in [0.2, 0.25) is 0 Å². The molecule has 0 atom stereocenters. The van der Waals surface area contributed by atoms with Crippen molar-refractivity contribution < 1.29 is 29.6 Å². The van der Waals surface area contributed by atoms with Crippen molar-refractivity contribution in [2.45, 2.75) is 0 Å². The van der Waals surface area contributed by atoms with E-state index in [4.69, 9.17) is 0 Å². The van der Waals surface area contributed by atoms with Crippen molar-refractivity contribution in [1.29, 1.82) is 0 Å². The van der Waals surface area contributed by atoms with E-state index in [1.54, 1.807) is 0 Å². The van der Waals surface area contributed by atoms with E-state index >= 15 is 0 Å². The van der Waals surface area contributed by atoms with Crippen molar-refractivity contribution in [3.05, 3.63) is 66.7 Å². The number of hydrogen-bond acceptors (Lipinski definition) is 8. The zero-order valence-electron chi connectivity index (χ0n) is 11.5. The number of non-ortho nitro benzene ring substituents is 1. The van der Waals surface area contributed by atoms with Crippen molar-refractivity contribution in [2.24, 2.45) is 0 Å². The highest BCUT2D eigenvalue weighted by atomic mass is 16.6. The molecule has 0 heterocycles. The van der Waals surface area contributed by atoms with Crippen molar-refractivity contribution in [3.8, 4) is 11.5 Å². The first kappa shape index (κ1) is 15.1. The molecule has 0 aromatic heterocycles. The van der Waals surface area contributed by atoms with E-state index in [-0.39, 0.29) is 0 Å². The topological polar surface area (TPSA) is 161 Å². The Labute approximate surface area is 131 Å². The number of nitro benzene ring substituents is 2. The van der Waals surface area contributed by atoms with Crippen molar-refractivity contribution in [2.75, 3.05) is 0 Å². The Hall–Kier alpha value is -3.82. The van der Waals surface area contributed by atoms with E-state index in [9.17, 15) is 40.0 Å². The summed E-state index contributed by atoms with van der Waals surface area (Å²) in [7, 11) is 0. The van der Waals surface area contributed by atoms with Crippen molar-refractivity contribution >= 4 is 22.9 Å². The van der Waals surface area contributed by atoms with Crippen LogP contribution in [-0.4, -0.2) is 31.6 Å². The minimum Gasteiger partial charge on any atom is -0.508 e. The molecule has 0 aliphatic heterocycles. The number of hydrogen-bond donors (Lipinski definition) is 2. The lowest BCUT2D eigenvalue weighted by atomic mass is 9.82. The van der Waals surface area contributed by atoms with Gasteiger partial charge in [0.2, 0.25) is 5.78 Å². The number of nitro groups is 2. The third kappa shape index (κ3) is 1.97. The van der Waals surface area contributed by atoms with E-state index in [1.807, 2.05) is 0 Å². The Balaban J connectivity index is 2.39. The molecule has 0 saturated heterocycles. The highest BCUT2D eigenvalue weighted by molar-refractivity contribution is 6.31. The van der Waals surface area contributed by atoms with Crippen LogP contribution in [0.3, 0.4) is 0 Å². The Kier molecular flexibility index (Phi) is 3.04. The number of benzene rings is 2. The average molecular weight is 330 g/mol. The molecule has 10 heteroatoms. The standard InChI is InChI=1S/C14H6N2O8/c17-6-3-8-11(9(4-6)16(23)24)13(19)7-1-5(15(21)22)2-10(18)12(7)14(8)20/h1-4,17-18H. The van der Waals surface area contributed by atoms with Crippen LogP contribution in [0.1, 0.15) is 31.8 Å². The smallest absolute Gasteiger partial charge is 0.285 e. The first-order valence-corrected chi connectivity index (χ1v) is 6.34. The van der Waals surface area contributed by atoms with Crippen LogP contribution >= 0.6 is 0 Å². The molecular formula is C14H6N2O8. The lowest BCUT2D eigenvalue weighted by Gasteiger charge is -2.18. The molecule has 0 bridgehead atoms. The summed E-state index contributed by atoms with van der Waals surface area (Å²) >= 11 is 0. The van der Waals surface area contributed by atoms with E-state index in [1.165, 1.54) is 0 Å². The fourth-order valence-corrected chi connectivity index (χ4v) is 2.58. The predicted molar refractivity (Wildman–Crippen MR) is 76.4 cm³/mol. The molecule has 120 valence electrons. The molecule has 3 rings (SSSR count). The number of carbonyl (C=O) groups excluding carboxylic acids is 2. The number of phenols is 2. The minimum absolute atomic E-state index is 0.455. The van der Waals surface area contributed by atoms with Gasteiger partial charge in [0.25, 0.3) is 11.4 Å². The average Bonchev–Trinajstić information content (AvgIpc) is 2.50. The summed E-state index contributed by atoms with van der Waals surface area (Å²) in [6.45, 7) is 0. The summed E-state index contributed by atoms with van der Waals surface area (Å²) < 4.78 is 0. The van der Waals surface area contributed by atoms with Gasteiger partial charge in [0.15, 0.2) is 5.78 Å². The normalized spacial score (nSPS) is 12.5. The molecule has 0 saturated carbocycles. The summed E-state index contributed by atoms with van der Waals surface area (Å²) in [6, 6.07) is 3.04. The van der Waals surface area contributed by atoms with Crippen LogP contribution in [0.15, 0.2) is 24.3 Å². The maximum absolute atomic E-state index is 12.5. The van der Waals surface area contributed by atoms with E-state index in [0.29, 0.717) is 12.1 Å². The Morgan fingerprint density at radius 2 is 1.38 bits per heavy atom. The second-order valence-electron chi connectivity index (χ2n) is 4.95. The Morgan fingerprint density at radius 3 is 1.96 bits per heavy atom. The lowest BCUT2D eigenvalue weighted by molar-refractivity contribution is -0.385. The predicted octanol–water partition coefficient (Wildman–Crippen LogP) is 1.69. The molecule has 1 aliphatic rings. The number of fused-ring (bicyclic) bond motifs is 2. The van der Waals surface area contributed by atoms with E-state index < -0.39 is 66.5 Å². The number of nitrogens with zero attached hydrogens (tertiary/aromatic N) is 2. The van der Waals surface area contributed by atoms with Gasteiger partial charge < -0.3 is 10.2 Å². The van der Waals surface area contributed by atoms with Gasteiger partial charge in [-0.3, -0.25) is 29.8 Å². The Bertz CT molecular complexity index is 979. The summed E-state index contributed by atoms with van der Waals surface area (Å²) in [6.07, 6.45) is 0. The lowest BCUT2D eigenvalue weighted by Crippen LogP contribution is -2.22. The second-order valence-corrected chi connectivity index (χ2v) is 4.95. The molecule has 0 spiro atoms. The van der Waals surface area contributed by atoms with Gasteiger partial charge in [0.05, 0.1) is 27.5 Å². The number of carbonyl (C=O) groups is 2. The second kappa shape index (κ2) is 4.84. The molecular weight excluding hydrogens is 324 g/mol. The van der Waals surface area contributed by atoms with Gasteiger partial charge in [0, 0.05) is 17.2 Å². The number of aromatic hydroxyl groups is 2. The van der Waals surface area contributed by atoms with Crippen molar-refractivity contribution in [3.63, 3.8) is 0 Å². The minimum atomic E-state index is -1.02. The van der Waals surface area contributed by atoms with Gasteiger partial charge in [-0.1, -0.05) is 0 Å².